The SMILES string of the molecule is Cc1cc(C#Cc2ccc(CCO)nc2)cc(C(=O)N[C@@H](c2ccc(F)cc2)c2cc(F)ccc2O)n1. The Kier molecular flexibility index (Phi) is 7.86. The van der Waals surface area contributed by atoms with Crippen molar-refractivity contribution in [1.82, 2.24) is 15.3 Å². The largest absolute Gasteiger partial charge is 0.508 e. The summed E-state index contributed by atoms with van der Waals surface area (Å²) in [5, 5.41) is 22.2. The molecule has 0 aliphatic rings. The van der Waals surface area contributed by atoms with Gasteiger partial charge in [-0.15, -0.1) is 0 Å². The standard InChI is InChI=1S/C29H23F2N3O3/c1-18-14-20(3-2-19-4-10-24(12-13-35)32-17-19)15-26(33-18)29(37)34-28(21-5-7-22(30)8-6-21)25-16-23(31)9-11-27(25)36/h4-11,14-17,28,35-36H,12-13H2,1H3,(H,34,37)/t28-/m0/s1. The fourth-order valence-corrected chi connectivity index (χ4v) is 3.72. The third-order valence-corrected chi connectivity index (χ3v) is 5.51. The van der Waals surface area contributed by atoms with Crippen molar-refractivity contribution in [3.8, 4) is 17.6 Å². The molecule has 0 unspecified atom stereocenters. The first kappa shape index (κ1) is 25.5. The number of carbonyl (C=O) groups excluding carboxylic acids is 1. The van der Waals surface area contributed by atoms with E-state index in [9.17, 15) is 18.7 Å². The number of nitrogens with one attached hydrogen (secondary N) is 1. The Bertz CT molecular complexity index is 1480. The van der Waals surface area contributed by atoms with Crippen LogP contribution in [0.15, 0.2) is 72.9 Å². The van der Waals surface area contributed by atoms with Gasteiger partial charge < -0.3 is 15.5 Å². The Morgan fingerprint density at radius 1 is 0.973 bits per heavy atom. The number of aromatic nitrogens is 2. The molecule has 6 nitrogen and oxygen atoms in total. The smallest absolute Gasteiger partial charge is 0.270 e. The first-order valence-electron chi connectivity index (χ1n) is 11.4. The molecule has 3 N–H and O–H groups in total. The van der Waals surface area contributed by atoms with Gasteiger partial charge in [-0.05, 0) is 67.1 Å². The molecule has 0 saturated carbocycles. The summed E-state index contributed by atoms with van der Waals surface area (Å²) in [5.74, 6) is 4.11. The van der Waals surface area contributed by atoms with Crippen LogP contribution in [0.25, 0.3) is 0 Å². The number of carbonyl (C=O) groups is 1. The summed E-state index contributed by atoms with van der Waals surface area (Å²) in [7, 11) is 0. The van der Waals surface area contributed by atoms with Crippen molar-refractivity contribution >= 4 is 5.91 Å². The number of hydrogen-bond donors (Lipinski definition) is 3. The number of aliphatic hydroxyl groups is 1. The highest BCUT2D eigenvalue weighted by Gasteiger charge is 2.22. The zero-order valence-corrected chi connectivity index (χ0v) is 19.9. The van der Waals surface area contributed by atoms with E-state index in [-0.39, 0.29) is 23.6 Å². The fraction of sp³-hybridized carbons (Fsp3) is 0.138. The van der Waals surface area contributed by atoms with Crippen LogP contribution in [0, 0.1) is 30.4 Å². The lowest BCUT2D eigenvalue weighted by atomic mass is 9.97. The Hall–Kier alpha value is -4.61. The zero-order valence-electron chi connectivity index (χ0n) is 19.9. The van der Waals surface area contributed by atoms with Crippen molar-refractivity contribution in [2.24, 2.45) is 0 Å². The van der Waals surface area contributed by atoms with Crippen LogP contribution in [-0.2, 0) is 6.42 Å². The quantitative estimate of drug-likeness (QED) is 0.345. The molecule has 0 spiro atoms. The van der Waals surface area contributed by atoms with Crippen molar-refractivity contribution < 1.29 is 23.8 Å². The molecule has 1 atom stereocenters. The molecule has 4 aromatic rings. The van der Waals surface area contributed by atoms with E-state index >= 15 is 0 Å². The van der Waals surface area contributed by atoms with E-state index in [1.165, 1.54) is 36.4 Å². The van der Waals surface area contributed by atoms with Crippen molar-refractivity contribution in [2.75, 3.05) is 6.61 Å². The van der Waals surface area contributed by atoms with E-state index in [0.717, 1.165) is 17.8 Å². The third-order valence-electron chi connectivity index (χ3n) is 5.51. The molecule has 8 heteroatoms. The van der Waals surface area contributed by atoms with Crippen molar-refractivity contribution in [3.63, 3.8) is 0 Å². The van der Waals surface area contributed by atoms with Gasteiger partial charge in [0.1, 0.15) is 23.1 Å². The Labute approximate surface area is 212 Å². The molecule has 0 aliphatic heterocycles. The monoisotopic (exact) mass is 499 g/mol. The molecule has 2 aromatic heterocycles. The zero-order chi connectivity index (χ0) is 26.4. The fourth-order valence-electron chi connectivity index (χ4n) is 3.72. The number of aryl methyl sites for hydroxylation is 1. The maximum absolute atomic E-state index is 14.0. The number of benzene rings is 2. The van der Waals surface area contributed by atoms with Gasteiger partial charge in [-0.25, -0.2) is 13.8 Å². The van der Waals surface area contributed by atoms with Gasteiger partial charge in [0.25, 0.3) is 5.91 Å². The summed E-state index contributed by atoms with van der Waals surface area (Å²) in [5.41, 5.74) is 3.16. The summed E-state index contributed by atoms with van der Waals surface area (Å²) in [4.78, 5) is 21.8. The number of hydrogen-bond acceptors (Lipinski definition) is 5. The molecule has 0 saturated heterocycles. The number of pyridine rings is 2. The van der Waals surface area contributed by atoms with E-state index in [1.807, 2.05) is 0 Å². The first-order valence-corrected chi connectivity index (χ1v) is 11.4. The van der Waals surface area contributed by atoms with Gasteiger partial charge in [0.05, 0.1) is 6.04 Å². The van der Waals surface area contributed by atoms with Crippen LogP contribution < -0.4 is 5.32 Å². The molecule has 0 aliphatic carbocycles. The summed E-state index contributed by atoms with van der Waals surface area (Å²) in [6, 6.07) is 14.6. The molecule has 37 heavy (non-hydrogen) atoms. The minimum absolute atomic E-state index is 0.0139. The predicted octanol–water partition coefficient (Wildman–Crippen LogP) is 4.22. The first-order chi connectivity index (χ1) is 17.8. The minimum Gasteiger partial charge on any atom is -0.508 e. The molecule has 0 radical (unpaired) electrons. The summed E-state index contributed by atoms with van der Waals surface area (Å²) in [6.07, 6.45) is 2.07. The average Bonchev–Trinajstić information content (AvgIpc) is 2.89. The topological polar surface area (TPSA) is 95.3 Å². The number of phenols is 1. The third kappa shape index (κ3) is 6.54. The molecular weight excluding hydrogens is 476 g/mol. The lowest BCUT2D eigenvalue weighted by Gasteiger charge is -2.21. The van der Waals surface area contributed by atoms with Crippen LogP contribution in [0.1, 0.15) is 50.2 Å². The summed E-state index contributed by atoms with van der Waals surface area (Å²) in [6.45, 7) is 1.74. The van der Waals surface area contributed by atoms with Gasteiger partial charge in [-0.2, -0.15) is 0 Å². The Morgan fingerprint density at radius 2 is 1.70 bits per heavy atom. The van der Waals surface area contributed by atoms with Crippen molar-refractivity contribution in [1.29, 1.82) is 0 Å². The second-order valence-electron chi connectivity index (χ2n) is 8.31. The summed E-state index contributed by atoms with van der Waals surface area (Å²) >= 11 is 0. The van der Waals surface area contributed by atoms with Crippen LogP contribution >= 0.6 is 0 Å². The Balaban J connectivity index is 1.63. The van der Waals surface area contributed by atoms with Gasteiger partial charge in [-0.3, -0.25) is 9.78 Å². The van der Waals surface area contributed by atoms with Gasteiger partial charge >= 0.3 is 0 Å². The van der Waals surface area contributed by atoms with E-state index in [0.29, 0.717) is 28.8 Å². The van der Waals surface area contributed by atoms with Crippen LogP contribution in [0.4, 0.5) is 8.78 Å². The van der Waals surface area contributed by atoms with Gasteiger partial charge in [-0.1, -0.05) is 24.0 Å². The normalized spacial score (nSPS) is 11.4. The summed E-state index contributed by atoms with van der Waals surface area (Å²) < 4.78 is 27.5. The molecule has 0 fully saturated rings. The van der Waals surface area contributed by atoms with E-state index in [1.54, 1.807) is 31.3 Å². The van der Waals surface area contributed by atoms with Crippen LogP contribution in [0.5, 0.6) is 5.75 Å². The van der Waals surface area contributed by atoms with E-state index in [4.69, 9.17) is 5.11 Å². The Morgan fingerprint density at radius 3 is 2.41 bits per heavy atom. The lowest BCUT2D eigenvalue weighted by Crippen LogP contribution is -2.30. The van der Waals surface area contributed by atoms with Gasteiger partial charge in [0, 0.05) is 47.3 Å². The van der Waals surface area contributed by atoms with Crippen molar-refractivity contribution in [3.05, 3.63) is 124 Å². The highest BCUT2D eigenvalue weighted by Crippen LogP contribution is 2.30. The van der Waals surface area contributed by atoms with Gasteiger partial charge in [0.2, 0.25) is 0 Å². The average molecular weight is 500 g/mol. The predicted molar refractivity (Wildman–Crippen MR) is 134 cm³/mol. The molecule has 186 valence electrons. The number of rotatable bonds is 6. The van der Waals surface area contributed by atoms with Gasteiger partial charge in [0.15, 0.2) is 0 Å². The van der Waals surface area contributed by atoms with Crippen LogP contribution in [-0.4, -0.2) is 32.7 Å². The molecule has 0 bridgehead atoms. The molecule has 1 amide bonds. The molecular formula is C29H23F2N3O3. The van der Waals surface area contributed by atoms with Crippen molar-refractivity contribution in [2.45, 2.75) is 19.4 Å². The maximum Gasteiger partial charge on any atom is 0.270 e. The number of nitrogens with zero attached hydrogens (tertiary/aromatic N) is 2. The highest BCUT2D eigenvalue weighted by molar-refractivity contribution is 5.93. The van der Waals surface area contributed by atoms with Crippen LogP contribution in [0.2, 0.25) is 0 Å². The minimum atomic E-state index is -0.968. The lowest BCUT2D eigenvalue weighted by molar-refractivity contribution is 0.0937. The molecule has 2 heterocycles. The number of aromatic hydroxyl groups is 1. The highest BCUT2D eigenvalue weighted by atomic mass is 19.1. The van der Waals surface area contributed by atoms with E-state index < -0.39 is 23.6 Å². The second-order valence-corrected chi connectivity index (χ2v) is 8.31. The maximum atomic E-state index is 14.0. The van der Waals surface area contributed by atoms with Crippen LogP contribution in [0.3, 0.4) is 0 Å². The van der Waals surface area contributed by atoms with E-state index in [2.05, 4.69) is 27.1 Å². The number of halogens is 2. The second kappa shape index (κ2) is 11.4. The number of aliphatic hydroxyl groups excluding tert-OH is 1. The number of amides is 1. The number of phenolic OH excluding ortho intramolecular Hbond substituents is 1. The molecule has 4 rings (SSSR count). The molecule has 2 aromatic carbocycles.